The first-order chi connectivity index (χ1) is 10.8. The number of anilines is 1. The van der Waals surface area contributed by atoms with Crippen LogP contribution in [-0.4, -0.2) is 14.9 Å². The van der Waals surface area contributed by atoms with Crippen molar-refractivity contribution in [2.24, 2.45) is 5.92 Å². The summed E-state index contributed by atoms with van der Waals surface area (Å²) in [5, 5.41) is 0.125. The van der Waals surface area contributed by atoms with Crippen LogP contribution in [0.25, 0.3) is 0 Å². The van der Waals surface area contributed by atoms with E-state index in [1.54, 1.807) is 0 Å². The lowest BCUT2D eigenvalue weighted by molar-refractivity contribution is -0.138. The molecular weight excluding hydrogens is 363 g/mol. The van der Waals surface area contributed by atoms with E-state index in [1.165, 1.54) is 12.1 Å². The number of alkyl halides is 3. The van der Waals surface area contributed by atoms with E-state index >= 15 is 0 Å². The molecule has 1 rings (SSSR count). The van der Waals surface area contributed by atoms with Gasteiger partial charge in [0.15, 0.2) is 8.32 Å². The third kappa shape index (κ3) is 6.87. The quantitative estimate of drug-likeness (QED) is 0.474. The van der Waals surface area contributed by atoms with E-state index in [4.69, 9.17) is 10.2 Å². The molecule has 0 aliphatic rings. The molecule has 7 heteroatoms. The zero-order valence-corrected chi connectivity index (χ0v) is 18.1. The summed E-state index contributed by atoms with van der Waals surface area (Å²) in [6.07, 6.45) is -3.44. The van der Waals surface area contributed by atoms with Crippen molar-refractivity contribution in [2.45, 2.75) is 64.8 Å². The van der Waals surface area contributed by atoms with Crippen molar-refractivity contribution in [1.82, 2.24) is 0 Å². The van der Waals surface area contributed by atoms with Gasteiger partial charge in [-0.15, -0.1) is 0 Å². The maximum atomic E-state index is 13.1. The van der Waals surface area contributed by atoms with Crippen molar-refractivity contribution in [3.05, 3.63) is 29.3 Å². The lowest BCUT2D eigenvalue weighted by Gasteiger charge is -2.37. The van der Waals surface area contributed by atoms with E-state index in [0.717, 1.165) is 6.07 Å². The molecule has 0 bridgehead atoms. The fourth-order valence-corrected chi connectivity index (χ4v) is 3.32. The normalized spacial score (nSPS) is 14.1. The topological polar surface area (TPSA) is 35.2 Å². The maximum absolute atomic E-state index is 13.1. The van der Waals surface area contributed by atoms with Gasteiger partial charge in [0.2, 0.25) is 0 Å². The molecule has 0 aliphatic heterocycles. The molecule has 1 aromatic rings. The summed E-state index contributed by atoms with van der Waals surface area (Å²) in [7, 11) is -1.83. The predicted molar refractivity (Wildman–Crippen MR) is 107 cm³/mol. The van der Waals surface area contributed by atoms with Crippen LogP contribution in [0.15, 0.2) is 18.2 Å². The fourth-order valence-electron chi connectivity index (χ4n) is 2.19. The Bertz CT molecular complexity index is 556. The number of benzene rings is 1. The molecule has 0 heterocycles. The van der Waals surface area contributed by atoms with Gasteiger partial charge in [-0.05, 0) is 54.6 Å². The lowest BCUT2D eigenvalue weighted by atomic mass is 9.96. The second-order valence-corrected chi connectivity index (χ2v) is 12.9. The van der Waals surface area contributed by atoms with Crippen molar-refractivity contribution >= 4 is 27.5 Å². The second-order valence-electron chi connectivity index (χ2n) is 8.09. The minimum absolute atomic E-state index is 0. The average Bonchev–Trinajstić information content (AvgIpc) is 2.41. The Morgan fingerprint density at radius 1 is 1.16 bits per heavy atom. The first kappa shape index (κ1) is 24.3. The summed E-state index contributed by atoms with van der Waals surface area (Å²) < 4.78 is 45.5. The molecule has 25 heavy (non-hydrogen) atoms. The molecule has 146 valence electrons. The molecule has 0 saturated heterocycles. The highest BCUT2D eigenvalue weighted by molar-refractivity contribution is 7.59. The maximum Gasteiger partial charge on any atom is 0.416 e. The summed E-state index contributed by atoms with van der Waals surface area (Å²) in [5.74, 6) is 0.180. The molecule has 0 saturated carbocycles. The van der Waals surface area contributed by atoms with E-state index in [1.807, 2.05) is 6.92 Å². The van der Waals surface area contributed by atoms with Gasteiger partial charge in [-0.1, -0.05) is 33.8 Å². The van der Waals surface area contributed by atoms with Crippen LogP contribution in [0, 0.1) is 5.92 Å². The van der Waals surface area contributed by atoms with Crippen LogP contribution in [0.1, 0.15) is 45.2 Å². The van der Waals surface area contributed by atoms with Crippen molar-refractivity contribution < 1.29 is 17.6 Å². The van der Waals surface area contributed by atoms with Crippen molar-refractivity contribution in [3.8, 4) is 0 Å². The third-order valence-electron chi connectivity index (χ3n) is 4.94. The van der Waals surface area contributed by atoms with Crippen molar-refractivity contribution in [2.75, 3.05) is 12.3 Å². The Hall–Kier alpha value is -0.663. The van der Waals surface area contributed by atoms with Gasteiger partial charge in [0.1, 0.15) is 0 Å². The van der Waals surface area contributed by atoms with Gasteiger partial charge in [-0.2, -0.15) is 26.7 Å². The van der Waals surface area contributed by atoms with Crippen LogP contribution >= 0.6 is 13.5 Å². The molecule has 0 fully saturated rings. The summed E-state index contributed by atoms with van der Waals surface area (Å²) in [6, 6.07) is 3.98. The minimum atomic E-state index is -4.37. The Kier molecular flexibility index (Phi) is 8.58. The fraction of sp³-hybridized carbons (Fsp3) is 0.667. The third-order valence-corrected chi connectivity index (χ3v) is 9.44. The highest BCUT2D eigenvalue weighted by Gasteiger charge is 2.37. The molecule has 0 spiro atoms. The van der Waals surface area contributed by atoms with Crippen LogP contribution < -0.4 is 5.73 Å². The Balaban J connectivity index is 0.00000576. The van der Waals surface area contributed by atoms with E-state index in [-0.39, 0.29) is 35.7 Å². The molecule has 1 unspecified atom stereocenters. The molecule has 1 atom stereocenters. The highest BCUT2D eigenvalue weighted by atomic mass is 32.1. The van der Waals surface area contributed by atoms with E-state index < -0.39 is 20.1 Å². The van der Waals surface area contributed by atoms with Crippen LogP contribution in [0.4, 0.5) is 18.9 Å². The zero-order chi connectivity index (χ0) is 18.8. The lowest BCUT2D eigenvalue weighted by Crippen LogP contribution is -2.41. The number of nitrogen functional groups attached to an aromatic ring is 1. The Morgan fingerprint density at radius 3 is 2.20 bits per heavy atom. The number of halogens is 3. The number of hydrogen-bond acceptors (Lipinski definition) is 2. The standard InChI is InChI=1S/C18H30F3NOSi.H2S/c1-13(12-23-24(5,6)17(2,3)4)10-11-14-15(18(19,20)21)8-7-9-16(14)22;/h7-9,13H,10-12,22H2,1-6H3;1H2. The molecule has 0 amide bonds. The van der Waals surface area contributed by atoms with Gasteiger partial charge < -0.3 is 10.2 Å². The number of hydrogen-bond donors (Lipinski definition) is 1. The predicted octanol–water partition coefficient (Wildman–Crippen LogP) is 5.99. The van der Waals surface area contributed by atoms with Crippen molar-refractivity contribution in [1.29, 1.82) is 0 Å². The number of rotatable bonds is 6. The molecule has 2 nitrogen and oxygen atoms in total. The Labute approximate surface area is 157 Å². The average molecular weight is 396 g/mol. The number of nitrogens with two attached hydrogens (primary N) is 1. The van der Waals surface area contributed by atoms with E-state index in [9.17, 15) is 13.2 Å². The molecular formula is C18H32F3NOSSi. The van der Waals surface area contributed by atoms with E-state index in [2.05, 4.69) is 33.9 Å². The largest absolute Gasteiger partial charge is 0.417 e. The summed E-state index contributed by atoms with van der Waals surface area (Å²) >= 11 is 0. The second kappa shape index (κ2) is 8.82. The van der Waals surface area contributed by atoms with Gasteiger partial charge in [-0.3, -0.25) is 0 Å². The van der Waals surface area contributed by atoms with Crippen LogP contribution in [0.5, 0.6) is 0 Å². The summed E-state index contributed by atoms with van der Waals surface area (Å²) in [6.45, 7) is 13.5. The molecule has 2 N–H and O–H groups in total. The molecule has 0 aromatic heterocycles. The zero-order valence-electron chi connectivity index (χ0n) is 16.1. The van der Waals surface area contributed by atoms with Gasteiger partial charge in [0.05, 0.1) is 5.56 Å². The van der Waals surface area contributed by atoms with Crippen LogP contribution in [0.3, 0.4) is 0 Å². The van der Waals surface area contributed by atoms with Gasteiger partial charge in [0.25, 0.3) is 0 Å². The van der Waals surface area contributed by atoms with Crippen LogP contribution in [0.2, 0.25) is 18.1 Å². The Morgan fingerprint density at radius 2 is 1.72 bits per heavy atom. The van der Waals surface area contributed by atoms with Gasteiger partial charge in [-0.25, -0.2) is 0 Å². The SMILES string of the molecule is CC(CCc1c(N)cccc1C(F)(F)F)CO[Si](C)(C)C(C)(C)C.S. The first-order valence-electron chi connectivity index (χ1n) is 8.34. The molecule has 1 aromatic carbocycles. The van der Waals surface area contributed by atoms with Crippen LogP contribution in [-0.2, 0) is 17.0 Å². The van der Waals surface area contributed by atoms with Gasteiger partial charge >= 0.3 is 6.18 Å². The molecule has 0 aliphatic carbocycles. The van der Waals surface area contributed by atoms with E-state index in [0.29, 0.717) is 19.4 Å². The monoisotopic (exact) mass is 395 g/mol. The smallest absolute Gasteiger partial charge is 0.416 e. The molecule has 0 radical (unpaired) electrons. The van der Waals surface area contributed by atoms with Crippen molar-refractivity contribution in [3.63, 3.8) is 0 Å². The summed E-state index contributed by atoms with van der Waals surface area (Å²) in [4.78, 5) is 0. The minimum Gasteiger partial charge on any atom is -0.417 e. The first-order valence-corrected chi connectivity index (χ1v) is 11.2. The highest BCUT2D eigenvalue weighted by Crippen LogP contribution is 2.37. The van der Waals surface area contributed by atoms with Gasteiger partial charge in [0, 0.05) is 12.3 Å². The summed E-state index contributed by atoms with van der Waals surface area (Å²) in [5.41, 5.74) is 5.56.